The number of aryl methyl sites for hydroxylation is 2. The summed E-state index contributed by atoms with van der Waals surface area (Å²) in [5.41, 5.74) is 1.88. The fraction of sp³-hybridized carbons (Fsp3) is 0.389. The first kappa shape index (κ1) is 18.1. The minimum absolute atomic E-state index is 0.143. The standard InChI is InChI=1S/C18H22N2O3S2/c1-12(2)20-25(22,23)15-9-7-14(8-10-15)19-18(21)17-11-13-5-3-4-6-16(13)24-17/h7-12,20H,3-6H2,1-2H3,(H,19,21). The molecule has 25 heavy (non-hydrogen) atoms. The Balaban J connectivity index is 1.71. The van der Waals surface area contributed by atoms with Crippen molar-refractivity contribution in [3.8, 4) is 0 Å². The lowest BCUT2D eigenvalue weighted by Gasteiger charge is -2.10. The fourth-order valence-corrected chi connectivity index (χ4v) is 5.29. The molecule has 0 unspecified atom stereocenters. The molecule has 3 rings (SSSR count). The molecule has 0 aliphatic heterocycles. The molecule has 0 fully saturated rings. The number of carbonyl (C=O) groups excluding carboxylic acids is 1. The maximum Gasteiger partial charge on any atom is 0.265 e. The van der Waals surface area contributed by atoms with Gasteiger partial charge < -0.3 is 5.32 Å². The summed E-state index contributed by atoms with van der Waals surface area (Å²) in [6.45, 7) is 3.54. The van der Waals surface area contributed by atoms with E-state index in [9.17, 15) is 13.2 Å². The molecule has 2 aromatic rings. The number of benzene rings is 1. The normalized spacial score (nSPS) is 14.4. The summed E-state index contributed by atoms with van der Waals surface area (Å²) in [4.78, 5) is 14.6. The molecule has 2 N–H and O–H groups in total. The third kappa shape index (κ3) is 4.29. The monoisotopic (exact) mass is 378 g/mol. The number of nitrogens with one attached hydrogen (secondary N) is 2. The van der Waals surface area contributed by atoms with E-state index in [1.807, 2.05) is 6.07 Å². The largest absolute Gasteiger partial charge is 0.321 e. The molecule has 0 spiro atoms. The van der Waals surface area contributed by atoms with Crippen LogP contribution in [0.2, 0.25) is 0 Å². The van der Waals surface area contributed by atoms with Crippen molar-refractivity contribution in [1.29, 1.82) is 0 Å². The molecule has 0 saturated heterocycles. The fourth-order valence-electron chi connectivity index (χ4n) is 2.89. The van der Waals surface area contributed by atoms with E-state index in [1.165, 1.54) is 35.4 Å². The molecule has 0 bridgehead atoms. The molecule has 1 heterocycles. The zero-order valence-corrected chi connectivity index (χ0v) is 16.0. The van der Waals surface area contributed by atoms with Crippen LogP contribution >= 0.6 is 11.3 Å². The van der Waals surface area contributed by atoms with Crippen molar-refractivity contribution in [3.05, 3.63) is 45.6 Å². The van der Waals surface area contributed by atoms with Crippen LogP contribution in [0.4, 0.5) is 5.69 Å². The first-order chi connectivity index (χ1) is 11.8. The van der Waals surface area contributed by atoms with Crippen molar-refractivity contribution < 1.29 is 13.2 Å². The van der Waals surface area contributed by atoms with Gasteiger partial charge in [-0.25, -0.2) is 13.1 Å². The number of amides is 1. The molecular formula is C18H22N2O3S2. The number of sulfonamides is 1. The Labute approximate surface area is 152 Å². The summed E-state index contributed by atoms with van der Waals surface area (Å²) in [6.07, 6.45) is 4.48. The average Bonchev–Trinajstić information content (AvgIpc) is 2.98. The topological polar surface area (TPSA) is 75.3 Å². The molecule has 1 amide bonds. The number of fused-ring (bicyclic) bond motifs is 1. The van der Waals surface area contributed by atoms with Crippen molar-refractivity contribution in [3.63, 3.8) is 0 Å². The van der Waals surface area contributed by atoms with Gasteiger partial charge in [0, 0.05) is 16.6 Å². The third-order valence-electron chi connectivity index (χ3n) is 4.03. The van der Waals surface area contributed by atoms with Gasteiger partial charge in [0.15, 0.2) is 0 Å². The quantitative estimate of drug-likeness (QED) is 0.835. The van der Waals surface area contributed by atoms with Gasteiger partial charge in [-0.15, -0.1) is 11.3 Å². The predicted molar refractivity (Wildman–Crippen MR) is 101 cm³/mol. The SMILES string of the molecule is CC(C)NS(=O)(=O)c1ccc(NC(=O)c2cc3c(s2)CCCC3)cc1. The summed E-state index contributed by atoms with van der Waals surface area (Å²) < 4.78 is 26.8. The van der Waals surface area contributed by atoms with Crippen LogP contribution < -0.4 is 10.0 Å². The Morgan fingerprint density at radius 1 is 1.12 bits per heavy atom. The second-order valence-corrected chi connectivity index (χ2v) is 9.37. The van der Waals surface area contributed by atoms with Crippen LogP contribution in [-0.2, 0) is 22.9 Å². The number of thiophene rings is 1. The summed E-state index contributed by atoms with van der Waals surface area (Å²) >= 11 is 1.56. The van der Waals surface area contributed by atoms with E-state index >= 15 is 0 Å². The lowest BCUT2D eigenvalue weighted by atomic mass is 9.99. The molecule has 134 valence electrons. The summed E-state index contributed by atoms with van der Waals surface area (Å²) in [5.74, 6) is -0.143. The lowest BCUT2D eigenvalue weighted by Crippen LogP contribution is -2.30. The van der Waals surface area contributed by atoms with Gasteiger partial charge in [0.1, 0.15) is 0 Å². The van der Waals surface area contributed by atoms with Crippen LogP contribution in [0.25, 0.3) is 0 Å². The zero-order chi connectivity index (χ0) is 18.0. The predicted octanol–water partition coefficient (Wildman–Crippen LogP) is 3.57. The number of hydrogen-bond acceptors (Lipinski definition) is 4. The van der Waals surface area contributed by atoms with Crippen LogP contribution in [0.1, 0.15) is 46.8 Å². The highest BCUT2D eigenvalue weighted by molar-refractivity contribution is 7.89. The molecule has 1 aromatic heterocycles. The number of carbonyl (C=O) groups is 1. The molecule has 1 aliphatic rings. The Hall–Kier alpha value is -1.70. The van der Waals surface area contributed by atoms with Gasteiger partial charge in [0.05, 0.1) is 9.77 Å². The third-order valence-corrected chi connectivity index (χ3v) is 6.94. The minimum Gasteiger partial charge on any atom is -0.321 e. The molecule has 7 heteroatoms. The van der Waals surface area contributed by atoms with E-state index in [4.69, 9.17) is 0 Å². The van der Waals surface area contributed by atoms with E-state index in [2.05, 4.69) is 10.0 Å². The summed E-state index contributed by atoms with van der Waals surface area (Å²) in [5, 5.41) is 2.84. The van der Waals surface area contributed by atoms with Crippen LogP contribution in [0.15, 0.2) is 35.2 Å². The molecule has 1 aliphatic carbocycles. The summed E-state index contributed by atoms with van der Waals surface area (Å²) in [7, 11) is -3.52. The highest BCUT2D eigenvalue weighted by Gasteiger charge is 2.18. The van der Waals surface area contributed by atoms with Gasteiger partial charge >= 0.3 is 0 Å². The molecule has 5 nitrogen and oxygen atoms in total. The minimum atomic E-state index is -3.52. The van der Waals surface area contributed by atoms with Crippen LogP contribution in [0, 0.1) is 0 Å². The van der Waals surface area contributed by atoms with Gasteiger partial charge in [0.25, 0.3) is 5.91 Å². The van der Waals surface area contributed by atoms with Crippen molar-refractivity contribution >= 4 is 33.0 Å². The highest BCUT2D eigenvalue weighted by atomic mass is 32.2. The average molecular weight is 379 g/mol. The van der Waals surface area contributed by atoms with E-state index in [1.54, 1.807) is 37.3 Å². The van der Waals surface area contributed by atoms with Gasteiger partial charge in [0.2, 0.25) is 10.0 Å². The molecular weight excluding hydrogens is 356 g/mol. The van der Waals surface area contributed by atoms with Crippen molar-refractivity contribution in [1.82, 2.24) is 4.72 Å². The van der Waals surface area contributed by atoms with Crippen molar-refractivity contribution in [2.24, 2.45) is 0 Å². The maximum atomic E-state index is 12.4. The van der Waals surface area contributed by atoms with Crippen LogP contribution in [0.5, 0.6) is 0 Å². The Bertz CT molecular complexity index is 845. The van der Waals surface area contributed by atoms with Gasteiger partial charge in [-0.1, -0.05) is 0 Å². The maximum absolute atomic E-state index is 12.4. The molecule has 0 saturated carbocycles. The highest BCUT2D eigenvalue weighted by Crippen LogP contribution is 2.30. The van der Waals surface area contributed by atoms with Crippen LogP contribution in [0.3, 0.4) is 0 Å². The smallest absolute Gasteiger partial charge is 0.265 e. The Kier molecular flexibility index (Phi) is 5.27. The van der Waals surface area contributed by atoms with E-state index in [0.29, 0.717) is 10.6 Å². The van der Waals surface area contributed by atoms with Gasteiger partial charge in [-0.3, -0.25) is 4.79 Å². The van der Waals surface area contributed by atoms with Crippen LogP contribution in [-0.4, -0.2) is 20.4 Å². The molecule has 1 aromatic carbocycles. The Morgan fingerprint density at radius 2 is 1.80 bits per heavy atom. The molecule has 0 radical (unpaired) electrons. The first-order valence-electron chi connectivity index (χ1n) is 8.40. The Morgan fingerprint density at radius 3 is 2.44 bits per heavy atom. The van der Waals surface area contributed by atoms with E-state index in [-0.39, 0.29) is 16.8 Å². The van der Waals surface area contributed by atoms with Gasteiger partial charge in [-0.05, 0) is 75.4 Å². The van der Waals surface area contributed by atoms with Crippen molar-refractivity contribution in [2.45, 2.75) is 50.5 Å². The second kappa shape index (κ2) is 7.27. The number of hydrogen-bond donors (Lipinski definition) is 2. The van der Waals surface area contributed by atoms with Gasteiger partial charge in [-0.2, -0.15) is 0 Å². The van der Waals surface area contributed by atoms with E-state index < -0.39 is 10.0 Å². The lowest BCUT2D eigenvalue weighted by molar-refractivity contribution is 0.103. The van der Waals surface area contributed by atoms with Crippen molar-refractivity contribution in [2.75, 3.05) is 5.32 Å². The number of rotatable bonds is 5. The van der Waals surface area contributed by atoms with E-state index in [0.717, 1.165) is 12.8 Å². The molecule has 0 atom stereocenters. The second-order valence-electron chi connectivity index (χ2n) is 6.52. The summed E-state index contributed by atoms with van der Waals surface area (Å²) in [6, 6.07) is 8.04. The first-order valence-corrected chi connectivity index (χ1v) is 10.7. The zero-order valence-electron chi connectivity index (χ0n) is 14.3. The number of anilines is 1.